The van der Waals surface area contributed by atoms with Gasteiger partial charge in [0, 0.05) is 29.3 Å². The largest absolute Gasteiger partial charge is 0.484 e. The van der Waals surface area contributed by atoms with E-state index in [-0.39, 0.29) is 12.3 Å². The summed E-state index contributed by atoms with van der Waals surface area (Å²) < 4.78 is 54.8. The monoisotopic (exact) mass is 441 g/mol. The molecule has 0 bridgehead atoms. The Morgan fingerprint density at radius 2 is 1.87 bits per heavy atom. The van der Waals surface area contributed by atoms with Crippen LogP contribution in [0.25, 0.3) is 0 Å². The Morgan fingerprint density at radius 3 is 2.53 bits per heavy atom. The molecule has 2 aromatic rings. The zero-order valence-electron chi connectivity index (χ0n) is 17.0. The number of guanidine groups is 1. The third-order valence-electron chi connectivity index (χ3n) is 3.95. The molecule has 2 rings (SSSR count). The first-order valence-corrected chi connectivity index (χ1v) is 10.8. The van der Waals surface area contributed by atoms with Crippen molar-refractivity contribution in [1.29, 1.82) is 0 Å². The molecule has 0 fully saturated rings. The minimum absolute atomic E-state index is 0.143. The number of benzene rings is 2. The quantitative estimate of drug-likeness (QED) is 0.459. The molecule has 5 nitrogen and oxygen atoms in total. The summed E-state index contributed by atoms with van der Waals surface area (Å²) in [7, 11) is -1.13. The predicted octanol–water partition coefficient (Wildman–Crippen LogP) is 3.80. The van der Waals surface area contributed by atoms with Gasteiger partial charge < -0.3 is 15.4 Å². The molecule has 2 N–H and O–H groups in total. The van der Waals surface area contributed by atoms with Crippen LogP contribution in [0, 0.1) is 6.92 Å². The van der Waals surface area contributed by atoms with Gasteiger partial charge >= 0.3 is 6.18 Å². The summed E-state index contributed by atoms with van der Waals surface area (Å²) in [5.74, 6) is 1.06. The van der Waals surface area contributed by atoms with Gasteiger partial charge in [-0.3, -0.25) is 4.21 Å². The number of nitrogens with one attached hydrogen (secondary N) is 2. The number of nitrogens with zero attached hydrogens (tertiary/aromatic N) is 1. The molecule has 1 atom stereocenters. The second-order valence-corrected chi connectivity index (χ2v) is 8.07. The lowest BCUT2D eigenvalue weighted by Gasteiger charge is -2.14. The SMILES string of the molecule is CCNC(=NCc1ccc(C)cc1OCC(F)(F)F)NCCS(=O)c1ccccc1. The van der Waals surface area contributed by atoms with E-state index in [0.29, 0.717) is 30.4 Å². The van der Waals surface area contributed by atoms with Crippen molar-refractivity contribution in [1.82, 2.24) is 10.6 Å². The second-order valence-electron chi connectivity index (χ2n) is 6.50. The van der Waals surface area contributed by atoms with Crippen LogP contribution in [-0.2, 0) is 17.3 Å². The van der Waals surface area contributed by atoms with Gasteiger partial charge in [-0.1, -0.05) is 30.3 Å². The summed E-state index contributed by atoms with van der Waals surface area (Å²) in [6.45, 7) is 3.52. The number of ether oxygens (including phenoxy) is 1. The maximum absolute atomic E-state index is 12.5. The Kier molecular flexibility index (Phi) is 9.16. The molecule has 30 heavy (non-hydrogen) atoms. The van der Waals surface area contributed by atoms with E-state index in [4.69, 9.17) is 4.74 Å². The molecule has 0 radical (unpaired) electrons. The van der Waals surface area contributed by atoms with Crippen molar-refractivity contribution < 1.29 is 22.1 Å². The molecule has 0 aliphatic rings. The molecular weight excluding hydrogens is 415 g/mol. The van der Waals surface area contributed by atoms with Crippen molar-refractivity contribution in [2.75, 3.05) is 25.4 Å². The van der Waals surface area contributed by atoms with Crippen LogP contribution in [-0.4, -0.2) is 41.8 Å². The molecule has 0 heterocycles. The predicted molar refractivity (Wildman–Crippen MR) is 113 cm³/mol. The van der Waals surface area contributed by atoms with Gasteiger partial charge in [0.25, 0.3) is 0 Å². The molecule has 0 amide bonds. The molecule has 0 saturated heterocycles. The minimum Gasteiger partial charge on any atom is -0.484 e. The van der Waals surface area contributed by atoms with Gasteiger partial charge in [0.2, 0.25) is 0 Å². The number of alkyl halides is 3. The van der Waals surface area contributed by atoms with E-state index in [1.54, 1.807) is 25.1 Å². The molecule has 0 aliphatic carbocycles. The standard InChI is InChI=1S/C21H26F3N3O2S/c1-3-25-20(26-11-12-30(28)18-7-5-4-6-8-18)27-14-17-10-9-16(2)13-19(17)29-15-21(22,23)24/h4-10,13H,3,11-12,14-15H2,1-2H3,(H2,25,26,27). The molecule has 0 saturated carbocycles. The van der Waals surface area contributed by atoms with E-state index >= 15 is 0 Å². The summed E-state index contributed by atoms with van der Waals surface area (Å²) in [5, 5.41) is 6.18. The van der Waals surface area contributed by atoms with E-state index in [0.717, 1.165) is 10.5 Å². The van der Waals surface area contributed by atoms with Gasteiger partial charge in [-0.15, -0.1) is 0 Å². The average molecular weight is 442 g/mol. The van der Waals surface area contributed by atoms with Crippen molar-refractivity contribution in [3.05, 3.63) is 59.7 Å². The number of aliphatic imine (C=N–C) groups is 1. The summed E-state index contributed by atoms with van der Waals surface area (Å²) >= 11 is 0. The number of hydrogen-bond donors (Lipinski definition) is 2. The van der Waals surface area contributed by atoms with Crippen LogP contribution in [0.15, 0.2) is 58.4 Å². The van der Waals surface area contributed by atoms with Crippen LogP contribution in [0.3, 0.4) is 0 Å². The summed E-state index contributed by atoms with van der Waals surface area (Å²) in [6, 6.07) is 14.3. The van der Waals surface area contributed by atoms with Crippen LogP contribution < -0.4 is 15.4 Å². The van der Waals surface area contributed by atoms with Gasteiger partial charge in [-0.25, -0.2) is 4.99 Å². The zero-order chi connectivity index (χ0) is 22.0. The topological polar surface area (TPSA) is 62.7 Å². The number of rotatable bonds is 9. The first-order valence-electron chi connectivity index (χ1n) is 9.53. The Balaban J connectivity index is 1.99. The molecule has 2 aromatic carbocycles. The normalized spacial score (nSPS) is 13.0. The lowest BCUT2D eigenvalue weighted by atomic mass is 10.1. The van der Waals surface area contributed by atoms with Crippen molar-refractivity contribution in [2.24, 2.45) is 4.99 Å². The Labute approximate surface area is 177 Å². The van der Waals surface area contributed by atoms with E-state index < -0.39 is 23.6 Å². The lowest BCUT2D eigenvalue weighted by molar-refractivity contribution is -0.153. The molecule has 0 aliphatic heterocycles. The second kappa shape index (κ2) is 11.6. The third-order valence-corrected chi connectivity index (χ3v) is 5.32. The van der Waals surface area contributed by atoms with Gasteiger partial charge in [-0.05, 0) is 37.6 Å². The Bertz CT molecular complexity index is 858. The van der Waals surface area contributed by atoms with Crippen LogP contribution >= 0.6 is 0 Å². The molecule has 0 spiro atoms. The molecule has 9 heteroatoms. The highest BCUT2D eigenvalue weighted by molar-refractivity contribution is 7.85. The smallest absolute Gasteiger partial charge is 0.422 e. The highest BCUT2D eigenvalue weighted by Crippen LogP contribution is 2.24. The van der Waals surface area contributed by atoms with Gasteiger partial charge in [0.1, 0.15) is 5.75 Å². The first-order chi connectivity index (χ1) is 14.3. The van der Waals surface area contributed by atoms with Gasteiger partial charge in [0.05, 0.1) is 17.3 Å². The number of aryl methyl sites for hydroxylation is 1. The third kappa shape index (κ3) is 8.44. The van der Waals surface area contributed by atoms with Crippen molar-refractivity contribution in [2.45, 2.75) is 31.5 Å². The van der Waals surface area contributed by atoms with E-state index in [1.807, 2.05) is 37.3 Å². The molecule has 164 valence electrons. The highest BCUT2D eigenvalue weighted by Gasteiger charge is 2.28. The van der Waals surface area contributed by atoms with Crippen LogP contribution in [0.4, 0.5) is 13.2 Å². The first kappa shape index (κ1) is 23.7. The highest BCUT2D eigenvalue weighted by atomic mass is 32.2. The van der Waals surface area contributed by atoms with Crippen LogP contribution in [0.2, 0.25) is 0 Å². The minimum atomic E-state index is -4.41. The van der Waals surface area contributed by atoms with Crippen LogP contribution in [0.5, 0.6) is 5.75 Å². The maximum atomic E-state index is 12.5. The Morgan fingerprint density at radius 1 is 1.13 bits per heavy atom. The zero-order valence-corrected chi connectivity index (χ0v) is 17.8. The van der Waals surface area contributed by atoms with Crippen molar-refractivity contribution in [3.63, 3.8) is 0 Å². The van der Waals surface area contributed by atoms with E-state index in [1.165, 1.54) is 0 Å². The molecular formula is C21H26F3N3O2S. The average Bonchev–Trinajstić information content (AvgIpc) is 2.71. The number of halogens is 3. The Hall–Kier alpha value is -2.55. The fourth-order valence-corrected chi connectivity index (χ4v) is 3.53. The number of hydrogen-bond acceptors (Lipinski definition) is 3. The van der Waals surface area contributed by atoms with Gasteiger partial charge in [-0.2, -0.15) is 13.2 Å². The van der Waals surface area contributed by atoms with Crippen molar-refractivity contribution >= 4 is 16.8 Å². The van der Waals surface area contributed by atoms with E-state index in [9.17, 15) is 17.4 Å². The van der Waals surface area contributed by atoms with Crippen LogP contribution in [0.1, 0.15) is 18.1 Å². The molecule has 1 unspecified atom stereocenters. The summed E-state index contributed by atoms with van der Waals surface area (Å²) in [5.41, 5.74) is 1.35. The molecule has 0 aromatic heterocycles. The summed E-state index contributed by atoms with van der Waals surface area (Å²) in [6.07, 6.45) is -4.41. The van der Waals surface area contributed by atoms with E-state index in [2.05, 4.69) is 15.6 Å². The fraction of sp³-hybridized carbons (Fsp3) is 0.381. The fourth-order valence-electron chi connectivity index (χ4n) is 2.54. The maximum Gasteiger partial charge on any atom is 0.422 e. The lowest BCUT2D eigenvalue weighted by Crippen LogP contribution is -2.39. The van der Waals surface area contributed by atoms with Crippen molar-refractivity contribution in [3.8, 4) is 5.75 Å². The summed E-state index contributed by atoms with van der Waals surface area (Å²) in [4.78, 5) is 5.18. The van der Waals surface area contributed by atoms with Gasteiger partial charge in [0.15, 0.2) is 12.6 Å².